The van der Waals surface area contributed by atoms with E-state index in [9.17, 15) is 15.0 Å². The van der Waals surface area contributed by atoms with Gasteiger partial charge in [0, 0.05) is 17.1 Å². The van der Waals surface area contributed by atoms with Crippen molar-refractivity contribution in [1.82, 2.24) is 5.32 Å². The summed E-state index contributed by atoms with van der Waals surface area (Å²) in [5.74, 6) is -0.561. The minimum atomic E-state index is -0.692. The molecule has 1 aliphatic carbocycles. The van der Waals surface area contributed by atoms with Gasteiger partial charge in [-0.05, 0) is 43.5 Å². The number of hydrogen-bond acceptors (Lipinski definition) is 3. The molecule has 110 valence electrons. The number of carbonyl (C=O) groups is 1. The summed E-state index contributed by atoms with van der Waals surface area (Å²) in [6.07, 6.45) is 3.82. The molecule has 0 aliphatic heterocycles. The number of phenolic OH excluding ortho intramolecular Hbond substituents is 1. The molecule has 20 heavy (non-hydrogen) atoms. The van der Waals surface area contributed by atoms with Gasteiger partial charge in [0.2, 0.25) is 0 Å². The first-order valence-electron chi connectivity index (χ1n) is 6.99. The number of rotatable bonds is 5. The van der Waals surface area contributed by atoms with Crippen molar-refractivity contribution in [3.05, 3.63) is 28.8 Å². The van der Waals surface area contributed by atoms with E-state index in [4.69, 9.17) is 11.6 Å². The highest BCUT2D eigenvalue weighted by Crippen LogP contribution is 2.30. The Morgan fingerprint density at radius 2 is 2.10 bits per heavy atom. The standard InChI is InChI=1S/C15H20ClNO3/c16-12-5-6-14(18)11(7-12)9-17-8-10-3-1-2-4-13(10)15(19)20/h5-7,10,13,17-18H,1-4,8-9H2,(H,19,20). The number of carboxylic acid groups (broad SMARTS) is 1. The van der Waals surface area contributed by atoms with Crippen LogP contribution in [0.25, 0.3) is 0 Å². The second-order valence-corrected chi connectivity index (χ2v) is 5.83. The molecule has 1 fully saturated rings. The summed E-state index contributed by atoms with van der Waals surface area (Å²) in [6, 6.07) is 4.93. The van der Waals surface area contributed by atoms with Crippen LogP contribution in [0.4, 0.5) is 0 Å². The van der Waals surface area contributed by atoms with Gasteiger partial charge in [0.05, 0.1) is 5.92 Å². The van der Waals surface area contributed by atoms with Crippen LogP contribution in [0.3, 0.4) is 0 Å². The number of phenols is 1. The molecule has 0 amide bonds. The van der Waals surface area contributed by atoms with E-state index in [2.05, 4.69) is 5.32 Å². The molecule has 0 heterocycles. The Labute approximate surface area is 123 Å². The van der Waals surface area contributed by atoms with Crippen molar-refractivity contribution >= 4 is 17.6 Å². The summed E-state index contributed by atoms with van der Waals surface area (Å²) in [4.78, 5) is 11.2. The maximum Gasteiger partial charge on any atom is 0.306 e. The van der Waals surface area contributed by atoms with Gasteiger partial charge in [-0.15, -0.1) is 0 Å². The lowest BCUT2D eigenvalue weighted by Gasteiger charge is -2.28. The highest BCUT2D eigenvalue weighted by atomic mass is 35.5. The lowest BCUT2D eigenvalue weighted by atomic mass is 9.79. The van der Waals surface area contributed by atoms with Gasteiger partial charge in [-0.1, -0.05) is 24.4 Å². The van der Waals surface area contributed by atoms with Gasteiger partial charge >= 0.3 is 5.97 Å². The third kappa shape index (κ3) is 3.87. The van der Waals surface area contributed by atoms with Gasteiger partial charge in [0.15, 0.2) is 0 Å². The van der Waals surface area contributed by atoms with Crippen molar-refractivity contribution < 1.29 is 15.0 Å². The Balaban J connectivity index is 1.88. The zero-order valence-electron chi connectivity index (χ0n) is 11.3. The Kier molecular flexibility index (Phi) is 5.26. The minimum absolute atomic E-state index is 0.169. The molecule has 1 saturated carbocycles. The van der Waals surface area contributed by atoms with Crippen LogP contribution in [0, 0.1) is 11.8 Å². The number of carboxylic acids is 1. The SMILES string of the molecule is O=C(O)C1CCCCC1CNCc1cc(Cl)ccc1O. The first-order chi connectivity index (χ1) is 9.58. The van der Waals surface area contributed by atoms with Crippen LogP contribution in [0.2, 0.25) is 5.02 Å². The van der Waals surface area contributed by atoms with Gasteiger partial charge in [0.1, 0.15) is 5.75 Å². The van der Waals surface area contributed by atoms with Crippen LogP contribution in [-0.2, 0) is 11.3 Å². The lowest BCUT2D eigenvalue weighted by Crippen LogP contribution is -2.34. The van der Waals surface area contributed by atoms with Crippen molar-refractivity contribution in [2.75, 3.05) is 6.54 Å². The first-order valence-corrected chi connectivity index (χ1v) is 7.36. The quantitative estimate of drug-likeness (QED) is 0.781. The number of aromatic hydroxyl groups is 1. The molecule has 1 aromatic carbocycles. The highest BCUT2D eigenvalue weighted by molar-refractivity contribution is 6.30. The fraction of sp³-hybridized carbons (Fsp3) is 0.533. The van der Waals surface area contributed by atoms with E-state index < -0.39 is 5.97 Å². The van der Waals surface area contributed by atoms with E-state index in [-0.39, 0.29) is 17.6 Å². The molecule has 0 saturated heterocycles. The molecule has 0 bridgehead atoms. The van der Waals surface area contributed by atoms with Gasteiger partial charge in [-0.3, -0.25) is 4.79 Å². The van der Waals surface area contributed by atoms with E-state index in [0.29, 0.717) is 18.1 Å². The number of benzene rings is 1. The summed E-state index contributed by atoms with van der Waals surface area (Å²) >= 11 is 5.89. The Morgan fingerprint density at radius 3 is 2.85 bits per heavy atom. The maximum atomic E-state index is 11.2. The van der Waals surface area contributed by atoms with E-state index in [1.165, 1.54) is 0 Å². The summed E-state index contributed by atoms with van der Waals surface area (Å²) < 4.78 is 0. The zero-order chi connectivity index (χ0) is 14.5. The van der Waals surface area contributed by atoms with Crippen LogP contribution in [0.5, 0.6) is 5.75 Å². The topological polar surface area (TPSA) is 69.6 Å². The van der Waals surface area contributed by atoms with Gasteiger partial charge in [-0.2, -0.15) is 0 Å². The van der Waals surface area contributed by atoms with Crippen molar-refractivity contribution in [2.24, 2.45) is 11.8 Å². The number of aliphatic carboxylic acids is 1. The average molecular weight is 298 g/mol. The van der Waals surface area contributed by atoms with E-state index in [0.717, 1.165) is 31.2 Å². The second-order valence-electron chi connectivity index (χ2n) is 5.39. The number of nitrogens with one attached hydrogen (secondary N) is 1. The van der Waals surface area contributed by atoms with Crippen LogP contribution in [-0.4, -0.2) is 22.7 Å². The Morgan fingerprint density at radius 1 is 1.35 bits per heavy atom. The van der Waals surface area contributed by atoms with Crippen LogP contribution >= 0.6 is 11.6 Å². The normalized spacial score (nSPS) is 22.6. The van der Waals surface area contributed by atoms with E-state index >= 15 is 0 Å². The maximum absolute atomic E-state index is 11.2. The lowest BCUT2D eigenvalue weighted by molar-refractivity contribution is -0.144. The molecule has 1 aromatic rings. The van der Waals surface area contributed by atoms with Gasteiger partial charge in [-0.25, -0.2) is 0 Å². The summed E-state index contributed by atoms with van der Waals surface area (Å²) in [7, 11) is 0. The van der Waals surface area contributed by atoms with E-state index in [1.54, 1.807) is 18.2 Å². The van der Waals surface area contributed by atoms with Gasteiger partial charge < -0.3 is 15.5 Å². The molecule has 2 atom stereocenters. The largest absolute Gasteiger partial charge is 0.508 e. The Hall–Kier alpha value is -1.26. The fourth-order valence-corrected chi connectivity index (χ4v) is 3.06. The minimum Gasteiger partial charge on any atom is -0.508 e. The number of halogens is 1. The Bertz CT molecular complexity index is 478. The van der Waals surface area contributed by atoms with E-state index in [1.807, 2.05) is 0 Å². The van der Waals surface area contributed by atoms with Gasteiger partial charge in [0.25, 0.3) is 0 Å². The van der Waals surface area contributed by atoms with Crippen molar-refractivity contribution in [3.63, 3.8) is 0 Å². The first kappa shape index (κ1) is 15.1. The summed E-state index contributed by atoms with van der Waals surface area (Å²) in [5.41, 5.74) is 0.736. The van der Waals surface area contributed by atoms with Crippen LogP contribution in [0.1, 0.15) is 31.2 Å². The average Bonchev–Trinajstić information content (AvgIpc) is 2.43. The molecular weight excluding hydrogens is 278 g/mol. The van der Waals surface area contributed by atoms with Crippen molar-refractivity contribution in [2.45, 2.75) is 32.2 Å². The molecule has 2 rings (SSSR count). The molecule has 0 aromatic heterocycles. The molecular formula is C15H20ClNO3. The zero-order valence-corrected chi connectivity index (χ0v) is 12.1. The van der Waals surface area contributed by atoms with Crippen LogP contribution in [0.15, 0.2) is 18.2 Å². The molecule has 2 unspecified atom stereocenters. The predicted octanol–water partition coefficient (Wildman–Crippen LogP) is 3.03. The summed E-state index contributed by atoms with van der Waals surface area (Å²) in [5, 5.41) is 22.8. The van der Waals surface area contributed by atoms with Crippen molar-refractivity contribution in [1.29, 1.82) is 0 Å². The number of hydrogen-bond donors (Lipinski definition) is 3. The smallest absolute Gasteiger partial charge is 0.306 e. The molecule has 5 heteroatoms. The molecule has 4 nitrogen and oxygen atoms in total. The van der Waals surface area contributed by atoms with Crippen molar-refractivity contribution in [3.8, 4) is 5.75 Å². The molecule has 0 spiro atoms. The third-order valence-electron chi connectivity index (χ3n) is 3.99. The predicted molar refractivity (Wildman–Crippen MR) is 77.9 cm³/mol. The molecule has 0 radical (unpaired) electrons. The third-order valence-corrected chi connectivity index (χ3v) is 4.22. The fourth-order valence-electron chi connectivity index (χ4n) is 2.86. The molecule has 1 aliphatic rings. The monoisotopic (exact) mass is 297 g/mol. The van der Waals surface area contributed by atoms with Crippen LogP contribution < -0.4 is 5.32 Å². The highest BCUT2D eigenvalue weighted by Gasteiger charge is 2.30. The molecule has 3 N–H and O–H groups in total. The second kappa shape index (κ2) is 6.95. The summed E-state index contributed by atoms with van der Waals surface area (Å²) in [6.45, 7) is 1.15.